The van der Waals surface area contributed by atoms with Crippen LogP contribution < -0.4 is 19.6 Å². The number of allylic oxidation sites excluding steroid dienone is 1. The number of hydrogen-bond donors (Lipinski definition) is 0. The number of aromatic nitrogens is 1. The van der Waals surface area contributed by atoms with E-state index >= 15 is 0 Å². The molecule has 2 heterocycles. The van der Waals surface area contributed by atoms with Crippen molar-refractivity contribution in [1.29, 1.82) is 0 Å². The van der Waals surface area contributed by atoms with Crippen molar-refractivity contribution in [3.63, 3.8) is 0 Å². The van der Waals surface area contributed by atoms with Gasteiger partial charge in [0.05, 0.1) is 32.9 Å². The van der Waals surface area contributed by atoms with E-state index in [4.69, 9.17) is 21.1 Å². The monoisotopic (exact) mass is 640 g/mol. The number of benzene rings is 3. The number of esters is 1. The van der Waals surface area contributed by atoms with Crippen molar-refractivity contribution in [1.82, 2.24) is 4.57 Å². The summed E-state index contributed by atoms with van der Waals surface area (Å²) < 4.78 is 27.6. The van der Waals surface area contributed by atoms with Crippen molar-refractivity contribution < 1.29 is 18.7 Å². The summed E-state index contributed by atoms with van der Waals surface area (Å²) >= 11 is 10.8. The zero-order chi connectivity index (χ0) is 28.4. The third-order valence-electron chi connectivity index (χ3n) is 6.24. The van der Waals surface area contributed by atoms with E-state index in [0.29, 0.717) is 38.0 Å². The number of carbonyl (C=O) groups is 1. The van der Waals surface area contributed by atoms with E-state index < -0.39 is 17.8 Å². The first-order valence-corrected chi connectivity index (χ1v) is 14.4. The Bertz CT molecular complexity index is 1810. The van der Waals surface area contributed by atoms with Gasteiger partial charge in [0.15, 0.2) is 4.80 Å². The number of rotatable bonds is 7. The second-order valence-electron chi connectivity index (χ2n) is 8.96. The molecule has 40 heavy (non-hydrogen) atoms. The van der Waals surface area contributed by atoms with Crippen LogP contribution in [0.4, 0.5) is 4.39 Å². The van der Waals surface area contributed by atoms with Gasteiger partial charge >= 0.3 is 5.97 Å². The summed E-state index contributed by atoms with van der Waals surface area (Å²) in [5.41, 5.74) is 2.67. The highest BCUT2D eigenvalue weighted by atomic mass is 79.9. The van der Waals surface area contributed by atoms with Crippen LogP contribution in [0.15, 0.2) is 92.3 Å². The molecule has 0 unspecified atom stereocenters. The SMILES string of the molecule is CCOC(=O)C1=C(C)N=c2s/c(=C\c3ccc(OCc4cccc(Cl)c4)c(Br)c3)c(=O)n2[C@H]1c1ccc(F)cc1. The minimum atomic E-state index is -0.799. The maximum Gasteiger partial charge on any atom is 0.338 e. The minimum Gasteiger partial charge on any atom is -0.488 e. The molecule has 0 saturated carbocycles. The van der Waals surface area contributed by atoms with Gasteiger partial charge in [0, 0.05) is 5.02 Å². The molecule has 1 aliphatic heterocycles. The Morgan fingerprint density at radius 2 is 1.95 bits per heavy atom. The summed E-state index contributed by atoms with van der Waals surface area (Å²) in [6.07, 6.45) is 1.76. The van der Waals surface area contributed by atoms with Gasteiger partial charge in [-0.25, -0.2) is 14.2 Å². The number of halogens is 3. The van der Waals surface area contributed by atoms with Crippen LogP contribution in [0.2, 0.25) is 5.02 Å². The Morgan fingerprint density at radius 3 is 2.65 bits per heavy atom. The van der Waals surface area contributed by atoms with Gasteiger partial charge in [0.2, 0.25) is 0 Å². The third kappa shape index (κ3) is 5.82. The van der Waals surface area contributed by atoms with Crippen molar-refractivity contribution >= 4 is 50.9 Å². The molecule has 4 aromatic rings. The fourth-order valence-electron chi connectivity index (χ4n) is 4.42. The van der Waals surface area contributed by atoms with E-state index in [1.165, 1.54) is 28.0 Å². The summed E-state index contributed by atoms with van der Waals surface area (Å²) in [4.78, 5) is 31.7. The van der Waals surface area contributed by atoms with Crippen LogP contribution in [0.1, 0.15) is 36.6 Å². The fourth-order valence-corrected chi connectivity index (χ4v) is 6.19. The predicted octanol–water partition coefficient (Wildman–Crippen LogP) is 5.93. The molecule has 0 saturated heterocycles. The zero-order valence-corrected chi connectivity index (χ0v) is 24.6. The molecule has 0 radical (unpaired) electrons. The van der Waals surface area contributed by atoms with Crippen LogP contribution >= 0.6 is 38.9 Å². The molecule has 0 spiro atoms. The lowest BCUT2D eigenvalue weighted by atomic mass is 9.96. The second-order valence-corrected chi connectivity index (χ2v) is 11.3. The molecule has 1 aliphatic rings. The lowest BCUT2D eigenvalue weighted by Crippen LogP contribution is -2.39. The van der Waals surface area contributed by atoms with Crippen molar-refractivity contribution in [3.8, 4) is 5.75 Å². The summed E-state index contributed by atoms with van der Waals surface area (Å²) in [5, 5.41) is 0.642. The number of nitrogens with zero attached hydrogens (tertiary/aromatic N) is 2. The minimum absolute atomic E-state index is 0.170. The first kappa shape index (κ1) is 28.0. The van der Waals surface area contributed by atoms with E-state index in [2.05, 4.69) is 20.9 Å². The van der Waals surface area contributed by atoms with Gasteiger partial charge in [-0.15, -0.1) is 0 Å². The molecular weight excluding hydrogens is 619 g/mol. The average Bonchev–Trinajstić information content (AvgIpc) is 3.22. The van der Waals surface area contributed by atoms with Gasteiger partial charge in [-0.05, 0) is 88.9 Å². The molecule has 0 fully saturated rings. The molecule has 0 amide bonds. The maximum absolute atomic E-state index is 13.7. The topological polar surface area (TPSA) is 69.9 Å². The molecule has 3 aromatic carbocycles. The van der Waals surface area contributed by atoms with Gasteiger partial charge in [0.1, 0.15) is 18.2 Å². The largest absolute Gasteiger partial charge is 0.488 e. The summed E-state index contributed by atoms with van der Waals surface area (Å²) in [6, 6.07) is 17.9. The Morgan fingerprint density at radius 1 is 1.18 bits per heavy atom. The van der Waals surface area contributed by atoms with E-state index in [-0.39, 0.29) is 17.7 Å². The Labute approximate surface area is 246 Å². The van der Waals surface area contributed by atoms with Gasteiger partial charge in [-0.1, -0.05) is 53.3 Å². The molecule has 0 bridgehead atoms. The quantitative estimate of drug-likeness (QED) is 0.235. The van der Waals surface area contributed by atoms with Gasteiger partial charge in [-0.3, -0.25) is 9.36 Å². The van der Waals surface area contributed by atoms with Crippen LogP contribution in [0, 0.1) is 5.82 Å². The van der Waals surface area contributed by atoms with Crippen LogP contribution in [-0.4, -0.2) is 17.1 Å². The van der Waals surface area contributed by atoms with Crippen molar-refractivity contribution in [3.05, 3.63) is 130 Å². The van der Waals surface area contributed by atoms with E-state index in [1.807, 2.05) is 36.4 Å². The van der Waals surface area contributed by atoms with Crippen LogP contribution in [0.25, 0.3) is 6.08 Å². The number of ether oxygens (including phenoxy) is 2. The highest BCUT2D eigenvalue weighted by Crippen LogP contribution is 2.31. The first-order valence-electron chi connectivity index (χ1n) is 12.4. The van der Waals surface area contributed by atoms with Gasteiger partial charge in [0.25, 0.3) is 5.56 Å². The molecule has 204 valence electrons. The molecule has 0 aliphatic carbocycles. The number of thiazole rings is 1. The lowest BCUT2D eigenvalue weighted by molar-refractivity contribution is -0.139. The van der Waals surface area contributed by atoms with E-state index in [1.54, 1.807) is 38.1 Å². The summed E-state index contributed by atoms with van der Waals surface area (Å²) in [6.45, 7) is 3.94. The van der Waals surface area contributed by atoms with Crippen LogP contribution in [0.5, 0.6) is 5.75 Å². The fraction of sp³-hybridized carbons (Fsp3) is 0.167. The van der Waals surface area contributed by atoms with Gasteiger partial charge in [-0.2, -0.15) is 0 Å². The van der Waals surface area contributed by atoms with E-state index in [0.717, 1.165) is 15.6 Å². The molecule has 0 N–H and O–H groups in total. The molecule has 10 heteroatoms. The molecule has 1 atom stereocenters. The van der Waals surface area contributed by atoms with Crippen LogP contribution in [0.3, 0.4) is 0 Å². The highest BCUT2D eigenvalue weighted by molar-refractivity contribution is 9.10. The molecule has 6 nitrogen and oxygen atoms in total. The normalized spacial score (nSPS) is 15.0. The van der Waals surface area contributed by atoms with Gasteiger partial charge < -0.3 is 9.47 Å². The third-order valence-corrected chi connectivity index (χ3v) is 8.08. The average molecular weight is 642 g/mol. The number of hydrogen-bond acceptors (Lipinski definition) is 6. The van der Waals surface area contributed by atoms with Crippen molar-refractivity contribution in [2.75, 3.05) is 6.61 Å². The van der Waals surface area contributed by atoms with Crippen LogP contribution in [-0.2, 0) is 16.1 Å². The number of carbonyl (C=O) groups excluding carboxylic acids is 1. The molecule has 1 aromatic heterocycles. The zero-order valence-electron chi connectivity index (χ0n) is 21.5. The summed E-state index contributed by atoms with van der Waals surface area (Å²) in [7, 11) is 0. The Balaban J connectivity index is 1.52. The standard InChI is InChI=1S/C30H23BrClFN2O4S/c1-3-38-29(37)26-17(2)34-30-35(27(26)20-8-10-22(33)11-9-20)28(36)25(40-30)15-18-7-12-24(23(31)14-18)39-16-19-5-4-6-21(32)13-19/h4-15,27H,3,16H2,1-2H3/b25-15-/t27-/m0/s1. The van der Waals surface area contributed by atoms with E-state index in [9.17, 15) is 14.0 Å². The molecule has 5 rings (SSSR count). The smallest absolute Gasteiger partial charge is 0.338 e. The second kappa shape index (κ2) is 11.9. The van der Waals surface area contributed by atoms with Crippen molar-refractivity contribution in [2.24, 2.45) is 4.99 Å². The number of fused-ring (bicyclic) bond motifs is 1. The Kier molecular flexibility index (Phi) is 8.35. The Hall–Kier alpha value is -3.53. The predicted molar refractivity (Wildman–Crippen MR) is 157 cm³/mol. The first-order chi connectivity index (χ1) is 19.2. The molecular formula is C30H23BrClFN2O4S. The maximum atomic E-state index is 13.7. The highest BCUT2D eigenvalue weighted by Gasteiger charge is 2.33. The summed E-state index contributed by atoms with van der Waals surface area (Å²) in [5.74, 6) is -0.339. The lowest BCUT2D eigenvalue weighted by Gasteiger charge is -2.24. The van der Waals surface area contributed by atoms with Crippen molar-refractivity contribution in [2.45, 2.75) is 26.5 Å².